The second-order valence-corrected chi connectivity index (χ2v) is 17.0. The Hall–Kier alpha value is -1.17. The SMILES string of the molecule is COC(=O)[C@@H](C)C[C@@H](C)C[C@@H](C)[C@H](C[C@H](OCc1ccccc1)C(C)C)O[Si](C)(C)C(C)(C)C. The zero-order valence-electron chi connectivity index (χ0n) is 23.8. The highest BCUT2D eigenvalue weighted by Gasteiger charge is 2.41. The minimum Gasteiger partial charge on any atom is -0.469 e. The van der Waals surface area contributed by atoms with E-state index < -0.39 is 8.32 Å². The van der Waals surface area contributed by atoms with Crippen molar-refractivity contribution >= 4 is 14.3 Å². The van der Waals surface area contributed by atoms with E-state index in [4.69, 9.17) is 13.9 Å². The van der Waals surface area contributed by atoms with Gasteiger partial charge in [-0.25, -0.2) is 0 Å². The quantitative estimate of drug-likeness (QED) is 0.196. The van der Waals surface area contributed by atoms with Gasteiger partial charge in [0, 0.05) is 0 Å². The third-order valence-corrected chi connectivity index (χ3v) is 12.0. The summed E-state index contributed by atoms with van der Waals surface area (Å²) in [6.45, 7) is 23.2. The molecule has 5 heteroatoms. The lowest BCUT2D eigenvalue weighted by molar-refractivity contribution is -0.145. The number of methoxy groups -OCH3 is 1. The molecule has 0 amide bonds. The highest BCUT2D eigenvalue weighted by Crippen LogP contribution is 2.40. The third kappa shape index (κ3) is 10.2. The smallest absolute Gasteiger partial charge is 0.308 e. The Morgan fingerprint density at radius 2 is 1.50 bits per heavy atom. The molecule has 4 nitrogen and oxygen atoms in total. The van der Waals surface area contributed by atoms with E-state index in [0.29, 0.717) is 24.4 Å². The third-order valence-electron chi connectivity index (χ3n) is 7.54. The summed E-state index contributed by atoms with van der Waals surface area (Å²) in [5.41, 5.74) is 1.20. The second-order valence-electron chi connectivity index (χ2n) is 12.2. The maximum absolute atomic E-state index is 11.9. The normalized spacial score (nSPS) is 17.2. The summed E-state index contributed by atoms with van der Waals surface area (Å²) in [6, 6.07) is 10.4. The molecule has 0 bridgehead atoms. The van der Waals surface area contributed by atoms with Gasteiger partial charge in [-0.2, -0.15) is 0 Å². The molecule has 1 rings (SSSR count). The Morgan fingerprint density at radius 1 is 0.912 bits per heavy atom. The molecule has 0 fully saturated rings. The van der Waals surface area contributed by atoms with Gasteiger partial charge in [0.25, 0.3) is 0 Å². The first-order chi connectivity index (χ1) is 15.7. The minimum absolute atomic E-state index is 0.0791. The Morgan fingerprint density at radius 3 is 2.00 bits per heavy atom. The molecule has 34 heavy (non-hydrogen) atoms. The first kappa shape index (κ1) is 30.9. The van der Waals surface area contributed by atoms with Gasteiger partial charge >= 0.3 is 5.97 Å². The predicted molar refractivity (Wildman–Crippen MR) is 145 cm³/mol. The highest BCUT2D eigenvalue weighted by atomic mass is 28.4. The van der Waals surface area contributed by atoms with Gasteiger partial charge in [-0.1, -0.05) is 85.7 Å². The molecule has 1 aromatic rings. The molecule has 5 atom stereocenters. The molecule has 0 heterocycles. The van der Waals surface area contributed by atoms with Crippen molar-refractivity contribution < 1.29 is 18.7 Å². The van der Waals surface area contributed by atoms with Crippen LogP contribution >= 0.6 is 0 Å². The molecule has 0 saturated heterocycles. The number of carbonyl (C=O) groups excluding carboxylic acids is 1. The molecule has 0 aliphatic rings. The standard InChI is InChI=1S/C29H52O4Si/c1-21(2)26(32-20-25-15-13-12-14-16-25)19-27(33-34(10,11)29(6,7)8)23(4)17-22(3)18-24(5)28(30)31-9/h12-16,21-24,26-27H,17-20H2,1-11H3/t22-,23+,24-,26-,27-/m0/s1. The lowest BCUT2D eigenvalue weighted by atomic mass is 9.85. The molecule has 196 valence electrons. The Balaban J connectivity index is 2.99. The summed E-state index contributed by atoms with van der Waals surface area (Å²) in [5, 5.41) is 0.147. The zero-order chi connectivity index (χ0) is 26.1. The van der Waals surface area contributed by atoms with Gasteiger partial charge in [0.1, 0.15) is 0 Å². The van der Waals surface area contributed by atoms with Crippen molar-refractivity contribution in [1.82, 2.24) is 0 Å². The van der Waals surface area contributed by atoms with Crippen LogP contribution in [0.25, 0.3) is 0 Å². The van der Waals surface area contributed by atoms with E-state index in [1.54, 1.807) is 0 Å². The molecule has 0 aliphatic heterocycles. The van der Waals surface area contributed by atoms with Crippen LogP contribution in [0.4, 0.5) is 0 Å². The van der Waals surface area contributed by atoms with E-state index in [-0.39, 0.29) is 29.1 Å². The van der Waals surface area contributed by atoms with E-state index in [1.165, 1.54) is 12.7 Å². The van der Waals surface area contributed by atoms with Crippen LogP contribution in [0, 0.1) is 23.7 Å². The summed E-state index contributed by atoms with van der Waals surface area (Å²) in [4.78, 5) is 11.9. The van der Waals surface area contributed by atoms with Crippen molar-refractivity contribution in [2.45, 2.75) is 112 Å². The number of benzene rings is 1. The lowest BCUT2D eigenvalue weighted by Gasteiger charge is -2.42. The van der Waals surface area contributed by atoms with Crippen LogP contribution in [-0.4, -0.2) is 33.6 Å². The summed E-state index contributed by atoms with van der Waals surface area (Å²) in [7, 11) is -0.487. The molecule has 0 radical (unpaired) electrons. The van der Waals surface area contributed by atoms with Crippen LogP contribution in [0.15, 0.2) is 30.3 Å². The second kappa shape index (κ2) is 13.8. The average Bonchev–Trinajstić information content (AvgIpc) is 2.74. The fourth-order valence-corrected chi connectivity index (χ4v) is 5.71. The Kier molecular flexibility index (Phi) is 12.5. The van der Waals surface area contributed by atoms with Crippen LogP contribution in [-0.2, 0) is 25.3 Å². The van der Waals surface area contributed by atoms with Crippen LogP contribution in [0.2, 0.25) is 18.1 Å². The number of ether oxygens (including phenoxy) is 2. The number of rotatable bonds is 14. The van der Waals surface area contributed by atoms with E-state index in [9.17, 15) is 4.79 Å². The summed E-state index contributed by atoms with van der Waals surface area (Å²) < 4.78 is 18.4. The zero-order valence-corrected chi connectivity index (χ0v) is 24.8. The van der Waals surface area contributed by atoms with E-state index >= 15 is 0 Å². The molecule has 0 unspecified atom stereocenters. The van der Waals surface area contributed by atoms with Gasteiger partial charge in [-0.15, -0.1) is 0 Å². The number of carbonyl (C=O) groups is 1. The van der Waals surface area contributed by atoms with Gasteiger partial charge in [-0.3, -0.25) is 4.79 Å². The lowest BCUT2D eigenvalue weighted by Crippen LogP contribution is -2.47. The van der Waals surface area contributed by atoms with Crippen LogP contribution in [0.1, 0.15) is 80.2 Å². The molecule has 0 aliphatic carbocycles. The van der Waals surface area contributed by atoms with Crippen LogP contribution < -0.4 is 0 Å². The Labute approximate surface area is 211 Å². The molecule has 1 aromatic carbocycles. The van der Waals surface area contributed by atoms with Gasteiger partial charge in [0.05, 0.1) is 31.8 Å². The van der Waals surface area contributed by atoms with Gasteiger partial charge in [0.15, 0.2) is 8.32 Å². The Bertz CT molecular complexity index is 711. The first-order valence-corrected chi connectivity index (χ1v) is 16.0. The van der Waals surface area contributed by atoms with Crippen LogP contribution in [0.5, 0.6) is 0 Å². The van der Waals surface area contributed by atoms with Crippen LogP contribution in [0.3, 0.4) is 0 Å². The molecular formula is C29H52O4Si. The summed E-state index contributed by atoms with van der Waals surface area (Å²) in [5.74, 6) is 0.985. The average molecular weight is 493 g/mol. The topological polar surface area (TPSA) is 44.8 Å². The van der Waals surface area contributed by atoms with Crippen molar-refractivity contribution in [1.29, 1.82) is 0 Å². The van der Waals surface area contributed by atoms with Gasteiger partial charge < -0.3 is 13.9 Å². The van der Waals surface area contributed by atoms with E-state index in [0.717, 1.165) is 19.3 Å². The predicted octanol–water partition coefficient (Wildman–Crippen LogP) is 7.87. The van der Waals surface area contributed by atoms with Crippen molar-refractivity contribution in [2.24, 2.45) is 23.7 Å². The van der Waals surface area contributed by atoms with E-state index in [1.807, 2.05) is 13.0 Å². The molecule has 0 saturated carbocycles. The van der Waals surface area contributed by atoms with Crippen molar-refractivity contribution in [3.05, 3.63) is 35.9 Å². The van der Waals surface area contributed by atoms with E-state index in [2.05, 4.69) is 85.8 Å². The maximum Gasteiger partial charge on any atom is 0.308 e. The fraction of sp³-hybridized carbons (Fsp3) is 0.759. The van der Waals surface area contributed by atoms with Crippen molar-refractivity contribution in [3.8, 4) is 0 Å². The minimum atomic E-state index is -1.96. The first-order valence-electron chi connectivity index (χ1n) is 13.1. The fourth-order valence-electron chi connectivity index (χ4n) is 4.27. The molecule has 0 spiro atoms. The molecular weight excluding hydrogens is 440 g/mol. The monoisotopic (exact) mass is 492 g/mol. The van der Waals surface area contributed by atoms with Gasteiger partial charge in [0.2, 0.25) is 0 Å². The van der Waals surface area contributed by atoms with Crippen molar-refractivity contribution in [2.75, 3.05) is 7.11 Å². The summed E-state index contributed by atoms with van der Waals surface area (Å²) in [6.07, 6.45) is 2.99. The largest absolute Gasteiger partial charge is 0.469 e. The molecule has 0 aromatic heterocycles. The number of esters is 1. The molecule has 0 N–H and O–H groups in total. The highest BCUT2D eigenvalue weighted by molar-refractivity contribution is 6.74. The summed E-state index contributed by atoms with van der Waals surface area (Å²) >= 11 is 0. The van der Waals surface area contributed by atoms with Gasteiger partial charge in [-0.05, 0) is 60.7 Å². The van der Waals surface area contributed by atoms with Crippen molar-refractivity contribution in [3.63, 3.8) is 0 Å². The number of hydrogen-bond acceptors (Lipinski definition) is 4. The maximum atomic E-state index is 11.9. The number of hydrogen-bond donors (Lipinski definition) is 0.